The number of rotatable bonds is 8. The lowest BCUT2D eigenvalue weighted by molar-refractivity contribution is 0.0956. The first-order valence-corrected chi connectivity index (χ1v) is 9.48. The maximum absolute atomic E-state index is 12.2. The lowest BCUT2D eigenvalue weighted by atomic mass is 10.2. The maximum atomic E-state index is 12.2. The van der Waals surface area contributed by atoms with Crippen molar-refractivity contribution in [3.63, 3.8) is 0 Å². The van der Waals surface area contributed by atoms with E-state index in [1.165, 1.54) is 0 Å². The van der Waals surface area contributed by atoms with Crippen molar-refractivity contribution < 1.29 is 14.3 Å². The number of hydrogen-bond acceptors (Lipinski definition) is 4. The molecule has 1 amide bonds. The van der Waals surface area contributed by atoms with E-state index in [-0.39, 0.29) is 5.91 Å². The molecule has 1 N–H and O–H groups in total. The Bertz CT molecular complexity index is 740. The van der Waals surface area contributed by atoms with Crippen molar-refractivity contribution in [2.24, 2.45) is 0 Å². The number of benzene rings is 2. The lowest BCUT2D eigenvalue weighted by Gasteiger charge is -2.10. The summed E-state index contributed by atoms with van der Waals surface area (Å²) in [6.07, 6.45) is 0. The molecular weight excluding hydrogens is 381 g/mol. The van der Waals surface area contributed by atoms with Gasteiger partial charge < -0.3 is 14.8 Å². The fourth-order valence-electron chi connectivity index (χ4n) is 2.14. The fraction of sp³-hybridized carbons (Fsp3) is 0.278. The smallest absolute Gasteiger partial charge is 0.251 e. The Morgan fingerprint density at radius 3 is 2.48 bits per heavy atom. The second-order valence-corrected chi connectivity index (χ2v) is 7.05. The van der Waals surface area contributed by atoms with Gasteiger partial charge in [-0.1, -0.05) is 29.3 Å². The number of amides is 1. The van der Waals surface area contributed by atoms with Crippen LogP contribution in [0.25, 0.3) is 0 Å². The van der Waals surface area contributed by atoms with Crippen molar-refractivity contribution in [2.45, 2.75) is 5.75 Å². The van der Waals surface area contributed by atoms with Crippen molar-refractivity contribution in [1.29, 1.82) is 0 Å². The number of methoxy groups -OCH3 is 2. The molecule has 0 saturated heterocycles. The fourth-order valence-corrected chi connectivity index (χ4v) is 3.26. The van der Waals surface area contributed by atoms with E-state index in [0.29, 0.717) is 33.7 Å². The summed E-state index contributed by atoms with van der Waals surface area (Å²) in [6.45, 7) is 0.569. The van der Waals surface area contributed by atoms with Crippen molar-refractivity contribution in [3.05, 3.63) is 57.6 Å². The van der Waals surface area contributed by atoms with Gasteiger partial charge in [0.1, 0.15) is 0 Å². The van der Waals surface area contributed by atoms with Crippen LogP contribution in [0.15, 0.2) is 36.4 Å². The zero-order valence-electron chi connectivity index (χ0n) is 14.0. The van der Waals surface area contributed by atoms with Crippen LogP contribution in [0.2, 0.25) is 10.0 Å². The van der Waals surface area contributed by atoms with Crippen molar-refractivity contribution in [2.75, 3.05) is 26.5 Å². The molecule has 0 fully saturated rings. The highest BCUT2D eigenvalue weighted by Crippen LogP contribution is 2.27. The molecule has 0 heterocycles. The number of carbonyl (C=O) groups excluding carboxylic acids is 1. The van der Waals surface area contributed by atoms with Crippen LogP contribution < -0.4 is 14.8 Å². The van der Waals surface area contributed by atoms with Crippen LogP contribution >= 0.6 is 35.0 Å². The van der Waals surface area contributed by atoms with Gasteiger partial charge in [0.2, 0.25) is 0 Å². The standard InChI is InChI=1S/C18H19Cl2NO3S/c1-23-16-6-4-13(10-17(16)24-2)18(22)21-7-8-25-11-12-3-5-14(19)15(20)9-12/h3-6,9-10H,7-8,11H2,1-2H3,(H,21,22). The third-order valence-electron chi connectivity index (χ3n) is 3.43. The summed E-state index contributed by atoms with van der Waals surface area (Å²) < 4.78 is 10.4. The van der Waals surface area contributed by atoms with Crippen molar-refractivity contribution in [1.82, 2.24) is 5.32 Å². The molecule has 2 aromatic carbocycles. The first-order valence-electron chi connectivity index (χ1n) is 7.57. The summed E-state index contributed by atoms with van der Waals surface area (Å²) in [5, 5.41) is 4.00. The first kappa shape index (κ1) is 19.8. The van der Waals surface area contributed by atoms with Crippen LogP contribution in [0, 0.1) is 0 Å². The average molecular weight is 400 g/mol. The molecule has 2 aromatic rings. The Hall–Kier alpha value is -1.56. The minimum Gasteiger partial charge on any atom is -0.493 e. The summed E-state index contributed by atoms with van der Waals surface area (Å²) in [5.74, 6) is 2.58. The minimum absolute atomic E-state index is 0.143. The highest BCUT2D eigenvalue weighted by molar-refractivity contribution is 7.98. The van der Waals surface area contributed by atoms with Crippen molar-refractivity contribution in [3.8, 4) is 11.5 Å². The van der Waals surface area contributed by atoms with E-state index in [9.17, 15) is 4.79 Å². The second kappa shape index (κ2) is 9.80. The minimum atomic E-state index is -0.143. The highest BCUT2D eigenvalue weighted by atomic mass is 35.5. The summed E-state index contributed by atoms with van der Waals surface area (Å²) in [4.78, 5) is 12.2. The van der Waals surface area contributed by atoms with Gasteiger partial charge in [0, 0.05) is 23.6 Å². The van der Waals surface area contributed by atoms with Crippen LogP contribution in [-0.4, -0.2) is 32.4 Å². The second-order valence-electron chi connectivity index (χ2n) is 5.13. The topological polar surface area (TPSA) is 47.6 Å². The van der Waals surface area contributed by atoms with E-state index >= 15 is 0 Å². The molecule has 4 nitrogen and oxygen atoms in total. The number of halogens is 2. The van der Waals surface area contributed by atoms with Crippen LogP contribution in [-0.2, 0) is 5.75 Å². The summed E-state index contributed by atoms with van der Waals surface area (Å²) in [6, 6.07) is 10.7. The number of thioether (sulfide) groups is 1. The summed E-state index contributed by atoms with van der Waals surface area (Å²) in [5.41, 5.74) is 1.64. The van der Waals surface area contributed by atoms with E-state index < -0.39 is 0 Å². The Morgan fingerprint density at radius 2 is 1.80 bits per heavy atom. The maximum Gasteiger partial charge on any atom is 0.251 e. The molecule has 2 rings (SSSR count). The van der Waals surface area contributed by atoms with Gasteiger partial charge in [-0.05, 0) is 35.9 Å². The molecule has 7 heteroatoms. The van der Waals surface area contributed by atoms with Gasteiger partial charge in [0.25, 0.3) is 5.91 Å². The van der Waals surface area contributed by atoms with Crippen LogP contribution in [0.3, 0.4) is 0 Å². The number of nitrogens with one attached hydrogen (secondary N) is 1. The molecule has 0 unspecified atom stereocenters. The number of ether oxygens (including phenoxy) is 2. The Labute approximate surface area is 161 Å². The predicted octanol–water partition coefficient (Wildman–Crippen LogP) is 4.67. The molecule has 0 aliphatic rings. The van der Waals surface area contributed by atoms with Gasteiger partial charge in [-0.2, -0.15) is 11.8 Å². The molecule has 0 aliphatic carbocycles. The van der Waals surface area contributed by atoms with Crippen LogP contribution in [0.1, 0.15) is 15.9 Å². The molecule has 0 spiro atoms. The molecule has 0 aromatic heterocycles. The Morgan fingerprint density at radius 1 is 1.04 bits per heavy atom. The molecule has 0 bridgehead atoms. The molecule has 0 aliphatic heterocycles. The predicted molar refractivity (Wildman–Crippen MR) is 105 cm³/mol. The van der Waals surface area contributed by atoms with E-state index in [0.717, 1.165) is 17.1 Å². The SMILES string of the molecule is COc1ccc(C(=O)NCCSCc2ccc(Cl)c(Cl)c2)cc1OC. The van der Waals surface area contributed by atoms with Crippen LogP contribution in [0.5, 0.6) is 11.5 Å². The first-order chi connectivity index (χ1) is 12.0. The van der Waals surface area contributed by atoms with E-state index in [1.54, 1.807) is 50.2 Å². The van der Waals surface area contributed by atoms with Gasteiger partial charge in [0.05, 0.1) is 24.3 Å². The molecule has 0 saturated carbocycles. The largest absolute Gasteiger partial charge is 0.493 e. The number of carbonyl (C=O) groups is 1. The molecule has 134 valence electrons. The molecular formula is C18H19Cl2NO3S. The van der Waals surface area contributed by atoms with Gasteiger partial charge in [-0.15, -0.1) is 0 Å². The Balaban J connectivity index is 1.77. The monoisotopic (exact) mass is 399 g/mol. The third-order valence-corrected chi connectivity index (χ3v) is 5.20. The number of hydrogen-bond donors (Lipinski definition) is 1. The van der Waals surface area contributed by atoms with Crippen LogP contribution in [0.4, 0.5) is 0 Å². The normalized spacial score (nSPS) is 10.4. The van der Waals surface area contributed by atoms with Crippen molar-refractivity contribution >= 4 is 40.9 Å². The Kier molecular flexibility index (Phi) is 7.75. The van der Waals surface area contributed by atoms with Gasteiger partial charge in [-0.25, -0.2) is 0 Å². The zero-order valence-corrected chi connectivity index (χ0v) is 16.3. The molecule has 25 heavy (non-hydrogen) atoms. The van der Waals surface area contributed by atoms with E-state index in [4.69, 9.17) is 32.7 Å². The quantitative estimate of drug-likeness (QED) is 0.654. The average Bonchev–Trinajstić information content (AvgIpc) is 2.63. The van der Waals surface area contributed by atoms with E-state index in [2.05, 4.69) is 5.32 Å². The molecule has 0 atom stereocenters. The summed E-state index contributed by atoms with van der Waals surface area (Å²) >= 11 is 13.6. The highest BCUT2D eigenvalue weighted by Gasteiger charge is 2.10. The third kappa shape index (κ3) is 5.73. The van der Waals surface area contributed by atoms with Gasteiger partial charge in [-0.3, -0.25) is 4.79 Å². The lowest BCUT2D eigenvalue weighted by Crippen LogP contribution is -2.25. The molecule has 0 radical (unpaired) electrons. The summed E-state index contributed by atoms with van der Waals surface area (Å²) in [7, 11) is 3.10. The zero-order chi connectivity index (χ0) is 18.2. The van der Waals surface area contributed by atoms with E-state index in [1.807, 2.05) is 12.1 Å². The van der Waals surface area contributed by atoms with Gasteiger partial charge >= 0.3 is 0 Å². The van der Waals surface area contributed by atoms with Gasteiger partial charge in [0.15, 0.2) is 11.5 Å².